The van der Waals surface area contributed by atoms with Crippen molar-refractivity contribution in [1.29, 1.82) is 0 Å². The van der Waals surface area contributed by atoms with Gasteiger partial charge in [0.15, 0.2) is 0 Å². The summed E-state index contributed by atoms with van der Waals surface area (Å²) in [5.74, 6) is -1.16. The van der Waals surface area contributed by atoms with Gasteiger partial charge in [-0.1, -0.05) is 0 Å². The van der Waals surface area contributed by atoms with Crippen molar-refractivity contribution in [1.82, 2.24) is 15.1 Å². The number of H-pyrrole nitrogens is 1. The van der Waals surface area contributed by atoms with Gasteiger partial charge in [0.05, 0.1) is 31.9 Å². The van der Waals surface area contributed by atoms with Gasteiger partial charge in [-0.15, -0.1) is 0 Å². The average molecular weight is 253 g/mol. The molecule has 1 atom stereocenters. The number of aryl methyl sites for hydroxylation is 1. The van der Waals surface area contributed by atoms with E-state index in [0.717, 1.165) is 5.56 Å². The fourth-order valence-electron chi connectivity index (χ4n) is 2.00. The number of carboxylic acids is 1. The van der Waals surface area contributed by atoms with Crippen LogP contribution in [0.25, 0.3) is 0 Å². The Morgan fingerprint density at radius 2 is 2.44 bits per heavy atom. The average Bonchev–Trinajstić information content (AvgIpc) is 2.74. The highest BCUT2D eigenvalue weighted by atomic mass is 16.5. The minimum absolute atomic E-state index is 0.112. The van der Waals surface area contributed by atoms with Gasteiger partial charge in [0.2, 0.25) is 0 Å². The lowest BCUT2D eigenvalue weighted by atomic mass is 10.1. The van der Waals surface area contributed by atoms with Crippen molar-refractivity contribution in [2.45, 2.75) is 19.4 Å². The summed E-state index contributed by atoms with van der Waals surface area (Å²) in [7, 11) is 0. The van der Waals surface area contributed by atoms with E-state index >= 15 is 0 Å². The summed E-state index contributed by atoms with van der Waals surface area (Å²) in [4.78, 5) is 24.6. The largest absolute Gasteiger partial charge is 0.481 e. The summed E-state index contributed by atoms with van der Waals surface area (Å²) in [6.07, 6.45) is 1.46. The van der Waals surface area contributed by atoms with Crippen LogP contribution in [0.5, 0.6) is 0 Å². The number of ether oxygens (including phenoxy) is 1. The van der Waals surface area contributed by atoms with E-state index in [2.05, 4.69) is 10.2 Å². The number of morpholine rings is 1. The van der Waals surface area contributed by atoms with E-state index in [1.807, 2.05) is 0 Å². The highest BCUT2D eigenvalue weighted by molar-refractivity contribution is 5.94. The van der Waals surface area contributed by atoms with E-state index in [-0.39, 0.29) is 18.9 Å². The van der Waals surface area contributed by atoms with Crippen molar-refractivity contribution >= 4 is 11.9 Å². The molecule has 1 aliphatic heterocycles. The van der Waals surface area contributed by atoms with Gasteiger partial charge in [-0.25, -0.2) is 0 Å². The van der Waals surface area contributed by atoms with E-state index < -0.39 is 12.0 Å². The fraction of sp³-hybridized carbons (Fsp3) is 0.545. The number of carboxylic acid groups (broad SMARTS) is 1. The number of aromatic amines is 1. The molecule has 2 N–H and O–H groups in total. The molecule has 2 heterocycles. The maximum absolute atomic E-state index is 12.3. The number of carbonyl (C=O) groups is 2. The number of amides is 1. The maximum atomic E-state index is 12.3. The molecule has 1 fully saturated rings. The van der Waals surface area contributed by atoms with Crippen LogP contribution in [0.4, 0.5) is 0 Å². The molecule has 2 rings (SSSR count). The Labute approximate surface area is 104 Å². The van der Waals surface area contributed by atoms with Crippen molar-refractivity contribution in [2.24, 2.45) is 0 Å². The second-order valence-corrected chi connectivity index (χ2v) is 4.25. The van der Waals surface area contributed by atoms with Gasteiger partial charge in [-0.2, -0.15) is 5.10 Å². The van der Waals surface area contributed by atoms with E-state index in [0.29, 0.717) is 18.8 Å². The predicted octanol–water partition coefficient (Wildman–Crippen LogP) is 0.0338. The van der Waals surface area contributed by atoms with Crippen LogP contribution in [-0.2, 0) is 9.53 Å². The molecule has 1 aliphatic rings. The number of aliphatic carboxylic acids is 1. The molecule has 7 heteroatoms. The van der Waals surface area contributed by atoms with Crippen LogP contribution in [-0.4, -0.2) is 57.9 Å². The van der Waals surface area contributed by atoms with Crippen LogP contribution in [0.15, 0.2) is 6.20 Å². The molecule has 0 aromatic carbocycles. The zero-order chi connectivity index (χ0) is 13.1. The van der Waals surface area contributed by atoms with E-state index in [9.17, 15) is 9.59 Å². The maximum Gasteiger partial charge on any atom is 0.305 e. The summed E-state index contributed by atoms with van der Waals surface area (Å²) in [6.45, 7) is 2.86. The summed E-state index contributed by atoms with van der Waals surface area (Å²) < 4.78 is 5.23. The molecule has 1 aromatic heterocycles. The molecule has 0 spiro atoms. The van der Waals surface area contributed by atoms with Gasteiger partial charge in [0.1, 0.15) is 5.69 Å². The molecular formula is C11H15N3O4. The molecule has 0 aliphatic carbocycles. The van der Waals surface area contributed by atoms with Gasteiger partial charge >= 0.3 is 5.97 Å². The van der Waals surface area contributed by atoms with Crippen molar-refractivity contribution in [3.05, 3.63) is 17.5 Å². The third-order valence-electron chi connectivity index (χ3n) is 2.94. The lowest BCUT2D eigenvalue weighted by Crippen LogP contribution is -2.49. The minimum atomic E-state index is -0.940. The fourth-order valence-corrected chi connectivity index (χ4v) is 2.00. The first-order chi connectivity index (χ1) is 8.59. The highest BCUT2D eigenvalue weighted by Crippen LogP contribution is 2.15. The monoisotopic (exact) mass is 253 g/mol. The van der Waals surface area contributed by atoms with Crippen molar-refractivity contribution in [3.8, 4) is 0 Å². The third-order valence-corrected chi connectivity index (χ3v) is 2.94. The summed E-state index contributed by atoms with van der Waals surface area (Å²) in [5, 5.41) is 15.3. The number of nitrogens with zero attached hydrogens (tertiary/aromatic N) is 2. The smallest absolute Gasteiger partial charge is 0.305 e. The van der Waals surface area contributed by atoms with Gasteiger partial charge < -0.3 is 14.7 Å². The molecule has 1 saturated heterocycles. The second kappa shape index (κ2) is 5.18. The zero-order valence-corrected chi connectivity index (χ0v) is 10.0. The number of hydrogen-bond acceptors (Lipinski definition) is 4. The molecule has 1 amide bonds. The van der Waals surface area contributed by atoms with Gasteiger partial charge in [-0.3, -0.25) is 14.7 Å². The molecule has 18 heavy (non-hydrogen) atoms. The van der Waals surface area contributed by atoms with Crippen LogP contribution in [0.3, 0.4) is 0 Å². The van der Waals surface area contributed by atoms with Crippen LogP contribution >= 0.6 is 0 Å². The highest BCUT2D eigenvalue weighted by Gasteiger charge is 2.31. The standard InChI is InChI=1S/C11H15N3O4/c1-7-5-12-13-10(7)11(17)14-2-3-18-6-8(14)4-9(15)16/h5,8H,2-4,6H2,1H3,(H,12,13)(H,15,16). The van der Waals surface area contributed by atoms with Gasteiger partial charge in [0.25, 0.3) is 5.91 Å². The number of hydrogen-bond donors (Lipinski definition) is 2. The Morgan fingerprint density at radius 3 is 3.06 bits per heavy atom. The van der Waals surface area contributed by atoms with Crippen molar-refractivity contribution in [3.63, 3.8) is 0 Å². The van der Waals surface area contributed by atoms with Crippen molar-refractivity contribution < 1.29 is 19.4 Å². The van der Waals surface area contributed by atoms with Gasteiger partial charge in [0, 0.05) is 6.54 Å². The van der Waals surface area contributed by atoms with Gasteiger partial charge in [-0.05, 0) is 12.5 Å². The molecule has 1 unspecified atom stereocenters. The van der Waals surface area contributed by atoms with Crippen LogP contribution in [0.1, 0.15) is 22.5 Å². The predicted molar refractivity (Wildman–Crippen MR) is 61.2 cm³/mol. The number of carbonyl (C=O) groups excluding carboxylic acids is 1. The lowest BCUT2D eigenvalue weighted by Gasteiger charge is -2.34. The Hall–Kier alpha value is -1.89. The van der Waals surface area contributed by atoms with Crippen LogP contribution in [0, 0.1) is 6.92 Å². The topological polar surface area (TPSA) is 95.5 Å². The minimum Gasteiger partial charge on any atom is -0.481 e. The molecule has 0 radical (unpaired) electrons. The Bertz CT molecular complexity index is 457. The number of aromatic nitrogens is 2. The van der Waals surface area contributed by atoms with E-state index in [1.165, 1.54) is 4.90 Å². The first-order valence-electron chi connectivity index (χ1n) is 5.70. The van der Waals surface area contributed by atoms with Crippen LogP contribution in [0.2, 0.25) is 0 Å². The quantitative estimate of drug-likeness (QED) is 0.792. The SMILES string of the molecule is Cc1cn[nH]c1C(=O)N1CCOCC1CC(=O)O. The Kier molecular flexibility index (Phi) is 3.61. The molecule has 98 valence electrons. The molecule has 7 nitrogen and oxygen atoms in total. The molecule has 0 bridgehead atoms. The van der Waals surface area contributed by atoms with E-state index in [4.69, 9.17) is 9.84 Å². The summed E-state index contributed by atoms with van der Waals surface area (Å²) in [5.41, 5.74) is 1.16. The molecular weight excluding hydrogens is 238 g/mol. The Morgan fingerprint density at radius 1 is 1.67 bits per heavy atom. The Balaban J connectivity index is 2.16. The number of nitrogens with one attached hydrogen (secondary N) is 1. The lowest BCUT2D eigenvalue weighted by molar-refractivity contribution is -0.139. The molecule has 1 aromatic rings. The second-order valence-electron chi connectivity index (χ2n) is 4.25. The number of rotatable bonds is 3. The summed E-state index contributed by atoms with van der Waals surface area (Å²) >= 11 is 0. The first-order valence-corrected chi connectivity index (χ1v) is 5.70. The van der Waals surface area contributed by atoms with Crippen LogP contribution < -0.4 is 0 Å². The molecule has 0 saturated carbocycles. The first kappa shape index (κ1) is 12.6. The zero-order valence-electron chi connectivity index (χ0n) is 10.0. The van der Waals surface area contributed by atoms with E-state index in [1.54, 1.807) is 13.1 Å². The normalized spacial score (nSPS) is 19.8. The third kappa shape index (κ3) is 2.51. The summed E-state index contributed by atoms with van der Waals surface area (Å²) in [6, 6.07) is -0.425. The van der Waals surface area contributed by atoms with Crippen molar-refractivity contribution in [2.75, 3.05) is 19.8 Å².